The molecule has 1 aliphatic carbocycles. The molecule has 0 saturated heterocycles. The van der Waals surface area contributed by atoms with E-state index in [1.807, 2.05) is 0 Å². The Balaban J connectivity index is 1.91. The molecule has 1 aromatic carbocycles. The van der Waals surface area contributed by atoms with Crippen molar-refractivity contribution in [1.29, 1.82) is 0 Å². The van der Waals surface area contributed by atoms with Crippen LogP contribution < -0.4 is 5.32 Å². The van der Waals surface area contributed by atoms with E-state index in [1.165, 1.54) is 12.5 Å². The number of nitrogens with one attached hydrogen (secondary N) is 1. The Hall–Kier alpha value is -0.970. The average molecular weight is 332 g/mol. The molecule has 1 fully saturated rings. The molecule has 0 aliphatic heterocycles. The smallest absolute Gasteiger partial charge is 0.224 e. The van der Waals surface area contributed by atoms with Gasteiger partial charge < -0.3 is 5.32 Å². The van der Waals surface area contributed by atoms with Crippen LogP contribution in [0.15, 0.2) is 18.2 Å². The number of alkyl halides is 1. The van der Waals surface area contributed by atoms with Gasteiger partial charge in [-0.3, -0.25) is 4.79 Å². The molecule has 1 saturated carbocycles. The fourth-order valence-electron chi connectivity index (χ4n) is 2.34. The molecular weight excluding hydrogens is 316 g/mol. The number of halogens is 3. The van der Waals surface area contributed by atoms with Crippen LogP contribution in [-0.2, 0) is 11.2 Å². The molecule has 5 heteroatoms. The lowest BCUT2D eigenvalue weighted by atomic mass is 9.95. The first kappa shape index (κ1) is 14.4. The standard InChI is InChI=1S/C14H16BrF2NO/c15-10-3-1-2-4-13(10)18-14(19)8-9-5-6-11(16)12(17)7-9/h5-7,10,13H,1-4,8H2,(H,18,19). The summed E-state index contributed by atoms with van der Waals surface area (Å²) < 4.78 is 25.8. The first-order valence-electron chi connectivity index (χ1n) is 6.43. The molecule has 1 N–H and O–H groups in total. The predicted octanol–water partition coefficient (Wildman–Crippen LogP) is 3.33. The Morgan fingerprint density at radius 3 is 2.68 bits per heavy atom. The van der Waals surface area contributed by atoms with Crippen LogP contribution in [-0.4, -0.2) is 16.8 Å². The zero-order chi connectivity index (χ0) is 13.8. The van der Waals surface area contributed by atoms with Gasteiger partial charge in [-0.2, -0.15) is 0 Å². The molecule has 1 aromatic rings. The Morgan fingerprint density at radius 1 is 1.26 bits per heavy atom. The zero-order valence-corrected chi connectivity index (χ0v) is 12.1. The van der Waals surface area contributed by atoms with Crippen LogP contribution in [0.1, 0.15) is 31.2 Å². The highest BCUT2D eigenvalue weighted by molar-refractivity contribution is 9.09. The van der Waals surface area contributed by atoms with Crippen molar-refractivity contribution < 1.29 is 13.6 Å². The van der Waals surface area contributed by atoms with E-state index < -0.39 is 11.6 Å². The summed E-state index contributed by atoms with van der Waals surface area (Å²) in [5, 5.41) is 2.95. The number of amides is 1. The first-order chi connectivity index (χ1) is 9.06. The van der Waals surface area contributed by atoms with Crippen LogP contribution in [0.25, 0.3) is 0 Å². The number of hydrogen-bond donors (Lipinski definition) is 1. The van der Waals surface area contributed by atoms with Gasteiger partial charge in [-0.1, -0.05) is 34.8 Å². The van der Waals surface area contributed by atoms with Gasteiger partial charge in [0.2, 0.25) is 5.91 Å². The quantitative estimate of drug-likeness (QED) is 0.846. The van der Waals surface area contributed by atoms with Crippen LogP contribution >= 0.6 is 15.9 Å². The van der Waals surface area contributed by atoms with Crippen molar-refractivity contribution in [3.05, 3.63) is 35.4 Å². The van der Waals surface area contributed by atoms with Gasteiger partial charge in [-0.05, 0) is 30.5 Å². The molecule has 2 unspecified atom stereocenters. The van der Waals surface area contributed by atoms with Crippen molar-refractivity contribution in [2.24, 2.45) is 0 Å². The molecule has 0 heterocycles. The lowest BCUT2D eigenvalue weighted by molar-refractivity contribution is -0.121. The summed E-state index contributed by atoms with van der Waals surface area (Å²) in [6.45, 7) is 0. The predicted molar refractivity (Wildman–Crippen MR) is 73.2 cm³/mol. The van der Waals surface area contributed by atoms with E-state index in [0.29, 0.717) is 10.4 Å². The largest absolute Gasteiger partial charge is 0.352 e. The third-order valence-electron chi connectivity index (χ3n) is 3.38. The lowest BCUT2D eigenvalue weighted by Gasteiger charge is -2.28. The summed E-state index contributed by atoms with van der Waals surface area (Å²) in [6, 6.07) is 3.68. The Bertz CT molecular complexity index is 467. The number of carbonyl (C=O) groups excluding carboxylic acids is 1. The van der Waals surface area contributed by atoms with Gasteiger partial charge in [0, 0.05) is 10.9 Å². The number of rotatable bonds is 3. The van der Waals surface area contributed by atoms with E-state index >= 15 is 0 Å². The van der Waals surface area contributed by atoms with Crippen molar-refractivity contribution in [2.45, 2.75) is 43.0 Å². The maximum absolute atomic E-state index is 13.0. The van der Waals surface area contributed by atoms with Crippen molar-refractivity contribution >= 4 is 21.8 Å². The van der Waals surface area contributed by atoms with E-state index in [-0.39, 0.29) is 18.4 Å². The van der Waals surface area contributed by atoms with Crippen molar-refractivity contribution in [3.8, 4) is 0 Å². The zero-order valence-electron chi connectivity index (χ0n) is 10.5. The number of hydrogen-bond acceptors (Lipinski definition) is 1. The van der Waals surface area contributed by atoms with Crippen LogP contribution in [0.5, 0.6) is 0 Å². The normalized spacial score (nSPS) is 23.1. The monoisotopic (exact) mass is 331 g/mol. The summed E-state index contributed by atoms with van der Waals surface area (Å²) in [5.74, 6) is -1.96. The van der Waals surface area contributed by atoms with Crippen molar-refractivity contribution in [1.82, 2.24) is 5.32 Å². The van der Waals surface area contributed by atoms with Crippen molar-refractivity contribution in [2.75, 3.05) is 0 Å². The number of carbonyl (C=O) groups is 1. The second kappa shape index (κ2) is 6.46. The van der Waals surface area contributed by atoms with Crippen LogP contribution in [0.3, 0.4) is 0 Å². The highest BCUT2D eigenvalue weighted by Crippen LogP contribution is 2.24. The molecule has 2 nitrogen and oxygen atoms in total. The summed E-state index contributed by atoms with van der Waals surface area (Å²) >= 11 is 3.57. The Morgan fingerprint density at radius 2 is 2.00 bits per heavy atom. The van der Waals surface area contributed by atoms with Gasteiger partial charge in [0.25, 0.3) is 0 Å². The van der Waals surface area contributed by atoms with Gasteiger partial charge >= 0.3 is 0 Å². The molecule has 19 heavy (non-hydrogen) atoms. The van der Waals surface area contributed by atoms with E-state index in [4.69, 9.17) is 0 Å². The van der Waals surface area contributed by atoms with E-state index in [2.05, 4.69) is 21.2 Å². The SMILES string of the molecule is O=C(Cc1ccc(F)c(F)c1)NC1CCCCC1Br. The Labute approximate surface area is 119 Å². The van der Waals surface area contributed by atoms with E-state index in [9.17, 15) is 13.6 Å². The third-order valence-corrected chi connectivity index (χ3v) is 4.47. The van der Waals surface area contributed by atoms with Gasteiger partial charge in [-0.25, -0.2) is 8.78 Å². The fraction of sp³-hybridized carbons (Fsp3) is 0.500. The minimum atomic E-state index is -0.915. The van der Waals surface area contributed by atoms with Gasteiger partial charge in [0.15, 0.2) is 11.6 Å². The second-order valence-corrected chi connectivity index (χ2v) is 6.08. The molecular formula is C14H16BrF2NO. The minimum Gasteiger partial charge on any atom is -0.352 e. The molecule has 1 amide bonds. The topological polar surface area (TPSA) is 29.1 Å². The maximum Gasteiger partial charge on any atom is 0.224 e. The van der Waals surface area contributed by atoms with Gasteiger partial charge in [-0.15, -0.1) is 0 Å². The molecule has 2 rings (SSSR count). The Kier molecular flexibility index (Phi) is 4.91. The van der Waals surface area contributed by atoms with Crippen LogP contribution in [0.4, 0.5) is 8.78 Å². The fourth-order valence-corrected chi connectivity index (χ4v) is 3.06. The second-order valence-electron chi connectivity index (χ2n) is 4.90. The first-order valence-corrected chi connectivity index (χ1v) is 7.35. The van der Waals surface area contributed by atoms with E-state index in [0.717, 1.165) is 31.4 Å². The summed E-state index contributed by atoms with van der Waals surface area (Å²) in [7, 11) is 0. The van der Waals surface area contributed by atoms with Crippen LogP contribution in [0.2, 0.25) is 0 Å². The molecule has 0 spiro atoms. The van der Waals surface area contributed by atoms with Gasteiger partial charge in [0.05, 0.1) is 6.42 Å². The highest BCUT2D eigenvalue weighted by atomic mass is 79.9. The average Bonchev–Trinajstić information content (AvgIpc) is 2.37. The third kappa shape index (κ3) is 4.00. The molecule has 0 radical (unpaired) electrons. The van der Waals surface area contributed by atoms with Crippen molar-refractivity contribution in [3.63, 3.8) is 0 Å². The minimum absolute atomic E-state index is 0.0768. The molecule has 0 bridgehead atoms. The number of benzene rings is 1. The molecule has 1 aliphatic rings. The van der Waals surface area contributed by atoms with Gasteiger partial charge in [0.1, 0.15) is 0 Å². The lowest BCUT2D eigenvalue weighted by Crippen LogP contribution is -2.43. The van der Waals surface area contributed by atoms with Crippen LogP contribution in [0, 0.1) is 11.6 Å². The summed E-state index contributed by atoms with van der Waals surface area (Å²) in [4.78, 5) is 12.2. The molecule has 104 valence electrons. The molecule has 0 aromatic heterocycles. The highest BCUT2D eigenvalue weighted by Gasteiger charge is 2.24. The maximum atomic E-state index is 13.0. The van der Waals surface area contributed by atoms with E-state index in [1.54, 1.807) is 0 Å². The summed E-state index contributed by atoms with van der Waals surface area (Å²) in [5.41, 5.74) is 0.485. The molecule has 2 atom stereocenters. The summed E-state index contributed by atoms with van der Waals surface area (Å²) in [6.07, 6.45) is 4.37.